The maximum atomic E-state index is 3.72. The molecular formula is C11H20. The second kappa shape index (κ2) is 7.59. The molecule has 0 nitrogen and oxygen atoms in total. The largest absolute Gasteiger partial charge is 0.102 e. The molecule has 0 aliphatic rings. The molecule has 0 aliphatic carbocycles. The van der Waals surface area contributed by atoms with Gasteiger partial charge < -0.3 is 0 Å². The van der Waals surface area contributed by atoms with Crippen LogP contribution in [0.4, 0.5) is 0 Å². The van der Waals surface area contributed by atoms with Crippen molar-refractivity contribution in [1.82, 2.24) is 0 Å². The fourth-order valence-electron chi connectivity index (χ4n) is 0.902. The molecule has 0 saturated carbocycles. The summed E-state index contributed by atoms with van der Waals surface area (Å²) in [5.74, 6) is 0.539. The van der Waals surface area contributed by atoms with Gasteiger partial charge in [0.25, 0.3) is 0 Å². The van der Waals surface area contributed by atoms with Crippen LogP contribution in [0.1, 0.15) is 39.5 Å². The Hall–Kier alpha value is -0.520. The van der Waals surface area contributed by atoms with E-state index in [2.05, 4.69) is 32.6 Å². The van der Waals surface area contributed by atoms with Crippen LogP contribution in [0, 0.1) is 5.92 Å². The van der Waals surface area contributed by atoms with Gasteiger partial charge in [0, 0.05) is 0 Å². The van der Waals surface area contributed by atoms with Crippen LogP contribution < -0.4 is 0 Å². The molecule has 0 aliphatic heterocycles. The zero-order valence-electron chi connectivity index (χ0n) is 7.84. The Kier molecular flexibility index (Phi) is 7.23. The fraction of sp³-hybridized carbons (Fsp3) is 0.636. The quantitative estimate of drug-likeness (QED) is 0.399. The highest BCUT2D eigenvalue weighted by Gasteiger charge is 1.86. The third-order valence-corrected chi connectivity index (χ3v) is 1.79. The number of rotatable bonds is 6. The van der Waals surface area contributed by atoms with Crippen molar-refractivity contribution in [2.45, 2.75) is 39.5 Å². The Bertz CT molecular complexity index is 111. The van der Waals surface area contributed by atoms with Crippen molar-refractivity contribution in [2.24, 2.45) is 5.92 Å². The summed E-state index contributed by atoms with van der Waals surface area (Å²) in [6, 6.07) is 0. The van der Waals surface area contributed by atoms with Crippen molar-refractivity contribution >= 4 is 0 Å². The van der Waals surface area contributed by atoms with Gasteiger partial charge in [0.2, 0.25) is 0 Å². The average molecular weight is 152 g/mol. The third kappa shape index (κ3) is 7.38. The van der Waals surface area contributed by atoms with Crippen LogP contribution in [0.3, 0.4) is 0 Å². The molecule has 64 valence electrons. The summed E-state index contributed by atoms with van der Waals surface area (Å²) in [4.78, 5) is 0. The monoisotopic (exact) mass is 152 g/mol. The molecule has 0 fully saturated rings. The first-order valence-corrected chi connectivity index (χ1v) is 4.60. The topological polar surface area (TPSA) is 0 Å². The van der Waals surface area contributed by atoms with Gasteiger partial charge in [-0.25, -0.2) is 0 Å². The van der Waals surface area contributed by atoms with Crippen molar-refractivity contribution in [3.63, 3.8) is 0 Å². The molecule has 1 atom stereocenters. The van der Waals surface area contributed by atoms with Gasteiger partial charge >= 0.3 is 0 Å². The summed E-state index contributed by atoms with van der Waals surface area (Å²) in [5, 5.41) is 0. The predicted octanol–water partition coefficient (Wildman–Crippen LogP) is 3.95. The highest BCUT2D eigenvalue weighted by Crippen LogP contribution is 2.03. The molecule has 0 aromatic rings. The van der Waals surface area contributed by atoms with Gasteiger partial charge in [0.15, 0.2) is 0 Å². The SMILES string of the molecule is C=CC(C)/C=C/CCCCC. The minimum Gasteiger partial charge on any atom is -0.102 e. The molecule has 0 heteroatoms. The Morgan fingerprint density at radius 2 is 2.09 bits per heavy atom. The van der Waals surface area contributed by atoms with Crippen molar-refractivity contribution < 1.29 is 0 Å². The minimum absolute atomic E-state index is 0.539. The van der Waals surface area contributed by atoms with Gasteiger partial charge in [0.1, 0.15) is 0 Å². The first-order valence-electron chi connectivity index (χ1n) is 4.60. The third-order valence-electron chi connectivity index (χ3n) is 1.79. The van der Waals surface area contributed by atoms with Crippen molar-refractivity contribution in [3.05, 3.63) is 24.8 Å². The Balaban J connectivity index is 3.22. The molecule has 0 heterocycles. The fourth-order valence-corrected chi connectivity index (χ4v) is 0.902. The summed E-state index contributed by atoms with van der Waals surface area (Å²) in [5.41, 5.74) is 0. The number of allylic oxidation sites excluding steroid dienone is 3. The van der Waals surface area contributed by atoms with E-state index in [1.807, 2.05) is 6.08 Å². The van der Waals surface area contributed by atoms with Crippen LogP contribution in [0.25, 0.3) is 0 Å². The molecule has 0 N–H and O–H groups in total. The van der Waals surface area contributed by atoms with Crippen LogP contribution in [-0.4, -0.2) is 0 Å². The predicted molar refractivity (Wildman–Crippen MR) is 52.6 cm³/mol. The number of unbranched alkanes of at least 4 members (excludes halogenated alkanes) is 3. The standard InChI is InChI=1S/C11H20/c1-4-6-7-8-9-10-11(3)5-2/h5,9-11H,2,4,6-8H2,1,3H3/b10-9+. The van der Waals surface area contributed by atoms with E-state index in [1.54, 1.807) is 0 Å². The molecule has 0 spiro atoms. The normalized spacial score (nSPS) is 13.6. The van der Waals surface area contributed by atoms with Crippen LogP contribution in [0.15, 0.2) is 24.8 Å². The van der Waals surface area contributed by atoms with Gasteiger partial charge in [-0.05, 0) is 18.8 Å². The molecule has 0 amide bonds. The van der Waals surface area contributed by atoms with E-state index in [4.69, 9.17) is 0 Å². The Labute approximate surface area is 71.0 Å². The molecule has 0 rings (SSSR count). The van der Waals surface area contributed by atoms with Crippen LogP contribution in [0.2, 0.25) is 0 Å². The molecule has 0 bridgehead atoms. The van der Waals surface area contributed by atoms with Crippen molar-refractivity contribution in [2.75, 3.05) is 0 Å². The molecule has 0 aromatic heterocycles. The van der Waals surface area contributed by atoms with E-state index in [1.165, 1.54) is 25.7 Å². The summed E-state index contributed by atoms with van der Waals surface area (Å²) < 4.78 is 0. The Morgan fingerprint density at radius 1 is 1.36 bits per heavy atom. The van der Waals surface area contributed by atoms with E-state index in [0.717, 1.165) is 0 Å². The van der Waals surface area contributed by atoms with Gasteiger partial charge in [-0.3, -0.25) is 0 Å². The highest BCUT2D eigenvalue weighted by molar-refractivity contribution is 4.94. The first-order chi connectivity index (χ1) is 5.31. The van der Waals surface area contributed by atoms with Crippen LogP contribution in [-0.2, 0) is 0 Å². The first kappa shape index (κ1) is 10.5. The lowest BCUT2D eigenvalue weighted by Crippen LogP contribution is -1.79. The lowest BCUT2D eigenvalue weighted by Gasteiger charge is -1.95. The highest BCUT2D eigenvalue weighted by atomic mass is 13.9. The van der Waals surface area contributed by atoms with Crippen molar-refractivity contribution in [3.8, 4) is 0 Å². The second-order valence-corrected chi connectivity index (χ2v) is 3.02. The summed E-state index contributed by atoms with van der Waals surface area (Å²) >= 11 is 0. The van der Waals surface area contributed by atoms with Gasteiger partial charge in [-0.1, -0.05) is 44.9 Å². The summed E-state index contributed by atoms with van der Waals surface area (Å²) in [6.45, 7) is 8.11. The molecule has 1 unspecified atom stereocenters. The molecule has 0 radical (unpaired) electrons. The average Bonchev–Trinajstić information content (AvgIpc) is 2.04. The molecule has 0 saturated heterocycles. The van der Waals surface area contributed by atoms with Gasteiger partial charge in [-0.2, -0.15) is 0 Å². The number of hydrogen-bond donors (Lipinski definition) is 0. The summed E-state index contributed by atoms with van der Waals surface area (Å²) in [7, 11) is 0. The lowest BCUT2D eigenvalue weighted by molar-refractivity contribution is 0.726. The zero-order chi connectivity index (χ0) is 8.53. The van der Waals surface area contributed by atoms with Crippen LogP contribution in [0.5, 0.6) is 0 Å². The molecule has 0 aromatic carbocycles. The van der Waals surface area contributed by atoms with Crippen LogP contribution >= 0.6 is 0 Å². The van der Waals surface area contributed by atoms with E-state index in [0.29, 0.717) is 5.92 Å². The summed E-state index contributed by atoms with van der Waals surface area (Å²) in [6.07, 6.45) is 11.7. The Morgan fingerprint density at radius 3 is 2.64 bits per heavy atom. The zero-order valence-corrected chi connectivity index (χ0v) is 7.84. The van der Waals surface area contributed by atoms with Crippen molar-refractivity contribution in [1.29, 1.82) is 0 Å². The van der Waals surface area contributed by atoms with Gasteiger partial charge in [0.05, 0.1) is 0 Å². The maximum Gasteiger partial charge on any atom is -0.00846 e. The van der Waals surface area contributed by atoms with E-state index >= 15 is 0 Å². The van der Waals surface area contributed by atoms with E-state index in [-0.39, 0.29) is 0 Å². The molecular weight excluding hydrogens is 132 g/mol. The molecule has 11 heavy (non-hydrogen) atoms. The second-order valence-electron chi connectivity index (χ2n) is 3.02. The van der Waals surface area contributed by atoms with Gasteiger partial charge in [-0.15, -0.1) is 6.58 Å². The minimum atomic E-state index is 0.539. The maximum absolute atomic E-state index is 3.72. The smallest absolute Gasteiger partial charge is 0.00846 e. The van der Waals surface area contributed by atoms with E-state index < -0.39 is 0 Å². The number of hydrogen-bond acceptors (Lipinski definition) is 0. The van der Waals surface area contributed by atoms with E-state index in [9.17, 15) is 0 Å². The lowest BCUT2D eigenvalue weighted by atomic mass is 10.1.